The van der Waals surface area contributed by atoms with Gasteiger partial charge in [0.1, 0.15) is 12.0 Å². The van der Waals surface area contributed by atoms with Crippen LogP contribution in [0.2, 0.25) is 0 Å². The number of aromatic nitrogens is 1. The van der Waals surface area contributed by atoms with E-state index in [-0.39, 0.29) is 11.8 Å². The maximum Gasteiger partial charge on any atom is 0.319 e. The summed E-state index contributed by atoms with van der Waals surface area (Å²) < 4.78 is 5.24. The number of nitrogens with one attached hydrogen (secondary N) is 2. The largest absolute Gasteiger partial charge is 0.508 e. The molecule has 0 fully saturated rings. The summed E-state index contributed by atoms with van der Waals surface area (Å²) in [6.45, 7) is 0.496. The van der Waals surface area contributed by atoms with E-state index in [2.05, 4.69) is 15.6 Å². The highest BCUT2D eigenvalue weighted by Crippen LogP contribution is 2.20. The number of hydrogen-bond donors (Lipinski definition) is 3. The molecule has 0 radical (unpaired) electrons. The van der Waals surface area contributed by atoms with Gasteiger partial charge in [-0.25, -0.2) is 9.78 Å². The van der Waals surface area contributed by atoms with Crippen molar-refractivity contribution in [3.05, 3.63) is 66.6 Å². The molecular weight excluding hydrogens is 306 g/mol. The van der Waals surface area contributed by atoms with Gasteiger partial charge in [-0.05, 0) is 42.3 Å². The summed E-state index contributed by atoms with van der Waals surface area (Å²) in [7, 11) is 0. The molecule has 0 unspecified atom stereocenters. The van der Waals surface area contributed by atoms with E-state index in [1.807, 2.05) is 24.3 Å². The van der Waals surface area contributed by atoms with Crippen molar-refractivity contribution in [2.75, 3.05) is 11.9 Å². The van der Waals surface area contributed by atoms with E-state index in [0.29, 0.717) is 24.5 Å². The van der Waals surface area contributed by atoms with E-state index < -0.39 is 0 Å². The number of phenolic OH excluding ortho intramolecular Hbond substituents is 1. The molecule has 1 heterocycles. The summed E-state index contributed by atoms with van der Waals surface area (Å²) in [6.07, 6.45) is 3.76. The molecule has 3 rings (SSSR count). The molecule has 1 aromatic heterocycles. The van der Waals surface area contributed by atoms with Crippen molar-refractivity contribution in [1.82, 2.24) is 10.3 Å². The molecule has 24 heavy (non-hydrogen) atoms. The first-order valence-corrected chi connectivity index (χ1v) is 7.53. The molecule has 0 bridgehead atoms. The lowest BCUT2D eigenvalue weighted by molar-refractivity contribution is 0.252. The summed E-state index contributed by atoms with van der Waals surface area (Å²) in [4.78, 5) is 16.0. The predicted octanol–water partition coefficient (Wildman–Crippen LogP) is 3.41. The summed E-state index contributed by atoms with van der Waals surface area (Å²) in [6, 6.07) is 13.9. The number of urea groups is 1. The smallest absolute Gasteiger partial charge is 0.319 e. The van der Waals surface area contributed by atoms with Crippen molar-refractivity contribution in [2.45, 2.75) is 6.42 Å². The number of phenols is 1. The first-order chi connectivity index (χ1) is 11.7. The molecule has 0 aliphatic carbocycles. The molecule has 2 aromatic carbocycles. The molecule has 0 saturated carbocycles. The van der Waals surface area contributed by atoms with Crippen LogP contribution in [-0.4, -0.2) is 22.7 Å². The Bertz CT molecular complexity index is 799. The Balaban J connectivity index is 1.51. The average Bonchev–Trinajstić information content (AvgIpc) is 3.11. The lowest BCUT2D eigenvalue weighted by atomic mass is 10.1. The fraction of sp³-hybridized carbons (Fsp3) is 0.111. The fourth-order valence-electron chi connectivity index (χ4n) is 2.25. The maximum atomic E-state index is 12.0. The Morgan fingerprint density at radius 3 is 2.75 bits per heavy atom. The molecule has 3 N–H and O–H groups in total. The van der Waals surface area contributed by atoms with Crippen LogP contribution in [0.1, 0.15) is 5.56 Å². The van der Waals surface area contributed by atoms with E-state index >= 15 is 0 Å². The summed E-state index contributed by atoms with van der Waals surface area (Å²) in [5.41, 5.74) is 2.49. The number of benzene rings is 2. The quantitative estimate of drug-likeness (QED) is 0.671. The first kappa shape index (κ1) is 15.6. The van der Waals surface area contributed by atoms with Gasteiger partial charge in [0, 0.05) is 17.8 Å². The third kappa shape index (κ3) is 4.13. The minimum atomic E-state index is -0.279. The molecule has 2 amide bonds. The summed E-state index contributed by atoms with van der Waals surface area (Å²) >= 11 is 0. The highest BCUT2D eigenvalue weighted by atomic mass is 16.3. The Morgan fingerprint density at radius 1 is 1.17 bits per heavy atom. The van der Waals surface area contributed by atoms with Crippen molar-refractivity contribution in [1.29, 1.82) is 0 Å². The van der Waals surface area contributed by atoms with Crippen LogP contribution >= 0.6 is 0 Å². The topological polar surface area (TPSA) is 87.4 Å². The molecule has 0 spiro atoms. The second-order valence-electron chi connectivity index (χ2n) is 5.22. The second kappa shape index (κ2) is 7.32. The van der Waals surface area contributed by atoms with E-state index in [1.54, 1.807) is 30.5 Å². The highest BCUT2D eigenvalue weighted by molar-refractivity contribution is 5.89. The lowest BCUT2D eigenvalue weighted by Gasteiger charge is -2.08. The van der Waals surface area contributed by atoms with Crippen LogP contribution in [0.25, 0.3) is 11.5 Å². The Labute approximate surface area is 139 Å². The predicted molar refractivity (Wildman–Crippen MR) is 90.8 cm³/mol. The zero-order chi connectivity index (χ0) is 16.8. The van der Waals surface area contributed by atoms with Crippen LogP contribution in [0.4, 0.5) is 10.5 Å². The van der Waals surface area contributed by atoms with E-state index in [9.17, 15) is 9.90 Å². The van der Waals surface area contributed by atoms with Gasteiger partial charge in [-0.15, -0.1) is 0 Å². The number of rotatable bonds is 5. The van der Waals surface area contributed by atoms with Crippen molar-refractivity contribution >= 4 is 11.7 Å². The third-order valence-electron chi connectivity index (χ3n) is 3.44. The normalized spacial score (nSPS) is 10.3. The van der Waals surface area contributed by atoms with Crippen LogP contribution in [0.15, 0.2) is 65.4 Å². The molecule has 0 aliphatic rings. The number of aromatic hydroxyl groups is 1. The summed E-state index contributed by atoms with van der Waals surface area (Å²) in [5.74, 6) is 0.738. The minimum Gasteiger partial charge on any atom is -0.508 e. The van der Waals surface area contributed by atoms with Gasteiger partial charge < -0.3 is 20.2 Å². The molecule has 0 aliphatic heterocycles. The number of oxazole rings is 1. The standard InChI is InChI=1S/C18H17N3O3/c22-16-6-4-13(5-7-16)8-9-20-18(23)21-15-3-1-2-14(12-15)17-19-10-11-24-17/h1-7,10-12,22H,8-9H2,(H2,20,21,23). The van der Waals surface area contributed by atoms with Crippen molar-refractivity contribution < 1.29 is 14.3 Å². The molecule has 0 atom stereocenters. The van der Waals surface area contributed by atoms with Crippen molar-refractivity contribution in [2.24, 2.45) is 0 Å². The number of amides is 2. The number of anilines is 1. The molecule has 0 saturated heterocycles. The summed E-state index contributed by atoms with van der Waals surface area (Å²) in [5, 5.41) is 14.8. The van der Waals surface area contributed by atoms with Crippen LogP contribution in [-0.2, 0) is 6.42 Å². The van der Waals surface area contributed by atoms with Gasteiger partial charge in [0.2, 0.25) is 5.89 Å². The van der Waals surface area contributed by atoms with Crippen LogP contribution < -0.4 is 10.6 Å². The van der Waals surface area contributed by atoms with E-state index in [0.717, 1.165) is 11.1 Å². The Hall–Kier alpha value is -3.28. The van der Waals surface area contributed by atoms with E-state index in [1.165, 1.54) is 6.26 Å². The maximum absolute atomic E-state index is 12.0. The van der Waals surface area contributed by atoms with Crippen LogP contribution in [0.5, 0.6) is 5.75 Å². The van der Waals surface area contributed by atoms with Gasteiger partial charge in [0.15, 0.2) is 0 Å². The van der Waals surface area contributed by atoms with Gasteiger partial charge in [-0.3, -0.25) is 0 Å². The third-order valence-corrected chi connectivity index (χ3v) is 3.44. The number of nitrogens with zero attached hydrogens (tertiary/aromatic N) is 1. The Morgan fingerprint density at radius 2 is 2.00 bits per heavy atom. The molecule has 6 heteroatoms. The number of hydrogen-bond acceptors (Lipinski definition) is 4. The van der Waals surface area contributed by atoms with Crippen molar-refractivity contribution in [3.63, 3.8) is 0 Å². The van der Waals surface area contributed by atoms with Crippen LogP contribution in [0.3, 0.4) is 0 Å². The first-order valence-electron chi connectivity index (χ1n) is 7.53. The lowest BCUT2D eigenvalue weighted by Crippen LogP contribution is -2.30. The SMILES string of the molecule is O=C(NCCc1ccc(O)cc1)Nc1cccc(-c2ncco2)c1. The minimum absolute atomic E-state index is 0.232. The zero-order valence-electron chi connectivity index (χ0n) is 12.9. The zero-order valence-corrected chi connectivity index (χ0v) is 12.9. The molecule has 6 nitrogen and oxygen atoms in total. The van der Waals surface area contributed by atoms with Crippen LogP contribution in [0, 0.1) is 0 Å². The second-order valence-corrected chi connectivity index (χ2v) is 5.22. The van der Waals surface area contributed by atoms with Gasteiger partial charge in [-0.1, -0.05) is 18.2 Å². The number of carbonyl (C=O) groups is 1. The Kier molecular flexibility index (Phi) is 4.76. The monoisotopic (exact) mass is 323 g/mol. The number of carbonyl (C=O) groups excluding carboxylic acids is 1. The average molecular weight is 323 g/mol. The fourth-order valence-corrected chi connectivity index (χ4v) is 2.25. The van der Waals surface area contributed by atoms with Gasteiger partial charge in [0.25, 0.3) is 0 Å². The molecular formula is C18H17N3O3. The van der Waals surface area contributed by atoms with Crippen molar-refractivity contribution in [3.8, 4) is 17.2 Å². The van der Waals surface area contributed by atoms with Gasteiger partial charge in [0.05, 0.1) is 6.20 Å². The van der Waals surface area contributed by atoms with E-state index in [4.69, 9.17) is 4.42 Å². The van der Waals surface area contributed by atoms with Gasteiger partial charge in [-0.2, -0.15) is 0 Å². The van der Waals surface area contributed by atoms with Gasteiger partial charge >= 0.3 is 6.03 Å². The highest BCUT2D eigenvalue weighted by Gasteiger charge is 2.06. The molecule has 3 aromatic rings. The molecule has 122 valence electrons.